The number of hydrogen-bond donors (Lipinski definition) is 1. The number of nitro benzene ring substituents is 1. The van der Waals surface area contributed by atoms with Gasteiger partial charge < -0.3 is 9.73 Å². The lowest BCUT2D eigenvalue weighted by atomic mass is 10.2. The summed E-state index contributed by atoms with van der Waals surface area (Å²) in [5.74, 6) is -0.0359. The molecule has 0 spiro atoms. The number of halogens is 2. The van der Waals surface area contributed by atoms with Crippen LogP contribution in [0.4, 0.5) is 11.4 Å². The molecule has 32 heavy (non-hydrogen) atoms. The lowest BCUT2D eigenvalue weighted by molar-refractivity contribution is -0.382. The van der Waals surface area contributed by atoms with Gasteiger partial charge in [0.05, 0.1) is 9.95 Å². The number of fused-ring (bicyclic) bond motifs is 2. The number of rotatable bonds is 4. The van der Waals surface area contributed by atoms with Crippen molar-refractivity contribution in [3.8, 4) is 11.5 Å². The van der Waals surface area contributed by atoms with E-state index in [0.717, 1.165) is 16.9 Å². The third-order valence-corrected chi connectivity index (χ3v) is 6.76. The molecule has 1 amide bonds. The number of thiophene rings is 1. The Bertz CT molecular complexity index is 1530. The van der Waals surface area contributed by atoms with Crippen molar-refractivity contribution < 1.29 is 14.1 Å². The molecule has 7 nitrogen and oxygen atoms in total. The van der Waals surface area contributed by atoms with Crippen LogP contribution in [0.2, 0.25) is 10.0 Å². The second kappa shape index (κ2) is 7.90. The zero-order valence-corrected chi connectivity index (χ0v) is 18.3. The summed E-state index contributed by atoms with van der Waals surface area (Å²) in [6, 6.07) is 16.7. The van der Waals surface area contributed by atoms with Crippen molar-refractivity contribution in [3.63, 3.8) is 0 Å². The van der Waals surface area contributed by atoms with Crippen LogP contribution in [0.5, 0.6) is 0 Å². The number of nitrogens with one attached hydrogen (secondary N) is 1. The number of carbonyl (C=O) groups is 1. The molecule has 0 bridgehead atoms. The maximum Gasteiger partial charge on any atom is 0.287 e. The summed E-state index contributed by atoms with van der Waals surface area (Å²) in [6.45, 7) is 0. The standard InChI is InChI=1S/C22H11Cl2N3O4S/c23-12-6-4-11(5-7-12)22-26-15-10-13(8-9-17(15)31-22)25-21(28)20-18(24)14-2-1-3-16(27(29)30)19(14)32-20/h1-10H,(H,25,28). The van der Waals surface area contributed by atoms with Crippen LogP contribution in [0.25, 0.3) is 32.6 Å². The summed E-state index contributed by atoms with van der Waals surface area (Å²) < 4.78 is 6.14. The average molecular weight is 484 g/mol. The van der Waals surface area contributed by atoms with Crippen molar-refractivity contribution in [2.24, 2.45) is 0 Å². The van der Waals surface area contributed by atoms with E-state index >= 15 is 0 Å². The largest absolute Gasteiger partial charge is 0.436 e. The molecule has 0 radical (unpaired) electrons. The van der Waals surface area contributed by atoms with Crippen molar-refractivity contribution in [3.05, 3.63) is 85.7 Å². The molecule has 158 valence electrons. The molecule has 0 atom stereocenters. The van der Waals surface area contributed by atoms with Crippen molar-refractivity contribution in [2.45, 2.75) is 0 Å². The lowest BCUT2D eigenvalue weighted by Gasteiger charge is -2.03. The number of non-ortho nitro benzene ring substituents is 1. The number of nitrogens with zero attached hydrogens (tertiary/aromatic N) is 2. The normalized spacial score (nSPS) is 11.2. The molecule has 0 aliphatic heterocycles. The first kappa shape index (κ1) is 20.4. The molecule has 5 rings (SSSR count). The minimum atomic E-state index is -0.492. The zero-order chi connectivity index (χ0) is 22.4. The molecule has 0 aliphatic rings. The van der Waals surface area contributed by atoms with Crippen LogP contribution in [-0.2, 0) is 0 Å². The second-order valence-corrected chi connectivity index (χ2v) is 8.65. The van der Waals surface area contributed by atoms with Gasteiger partial charge in [0.1, 0.15) is 15.1 Å². The van der Waals surface area contributed by atoms with Crippen molar-refractivity contribution in [1.29, 1.82) is 0 Å². The maximum atomic E-state index is 12.9. The first-order valence-electron chi connectivity index (χ1n) is 9.24. The van der Waals surface area contributed by atoms with Crippen LogP contribution in [-0.4, -0.2) is 15.8 Å². The smallest absolute Gasteiger partial charge is 0.287 e. The fraction of sp³-hybridized carbons (Fsp3) is 0. The first-order valence-corrected chi connectivity index (χ1v) is 10.8. The van der Waals surface area contributed by atoms with Crippen LogP contribution in [0.15, 0.2) is 65.1 Å². The molecular weight excluding hydrogens is 473 g/mol. The topological polar surface area (TPSA) is 98.3 Å². The molecule has 0 saturated carbocycles. The molecule has 0 saturated heterocycles. The van der Waals surface area contributed by atoms with Crippen LogP contribution >= 0.6 is 34.5 Å². The molecule has 1 N–H and O–H groups in total. The highest BCUT2D eigenvalue weighted by Gasteiger charge is 2.23. The number of carbonyl (C=O) groups excluding carboxylic acids is 1. The molecule has 3 aromatic carbocycles. The summed E-state index contributed by atoms with van der Waals surface area (Å²) in [6.07, 6.45) is 0. The van der Waals surface area contributed by atoms with Gasteiger partial charge in [0.2, 0.25) is 5.89 Å². The van der Waals surface area contributed by atoms with Crippen LogP contribution in [0.1, 0.15) is 9.67 Å². The summed E-state index contributed by atoms with van der Waals surface area (Å²) in [7, 11) is 0. The fourth-order valence-corrected chi connectivity index (χ4v) is 4.89. The van der Waals surface area contributed by atoms with Gasteiger partial charge in [-0.15, -0.1) is 11.3 Å². The molecule has 10 heteroatoms. The van der Waals surface area contributed by atoms with Crippen LogP contribution in [0.3, 0.4) is 0 Å². The van der Waals surface area contributed by atoms with Gasteiger partial charge in [-0.05, 0) is 42.5 Å². The van der Waals surface area contributed by atoms with Crippen LogP contribution < -0.4 is 5.32 Å². The Morgan fingerprint density at radius 2 is 1.88 bits per heavy atom. The third-order valence-electron chi connectivity index (χ3n) is 4.77. The third kappa shape index (κ3) is 3.58. The summed E-state index contributed by atoms with van der Waals surface area (Å²) in [4.78, 5) is 28.3. The number of amides is 1. The summed E-state index contributed by atoms with van der Waals surface area (Å²) in [5.41, 5.74) is 2.29. The minimum Gasteiger partial charge on any atom is -0.436 e. The monoisotopic (exact) mass is 483 g/mol. The summed E-state index contributed by atoms with van der Waals surface area (Å²) >= 11 is 13.3. The molecule has 0 fully saturated rings. The van der Waals surface area contributed by atoms with E-state index in [2.05, 4.69) is 10.3 Å². The Morgan fingerprint density at radius 3 is 2.62 bits per heavy atom. The highest BCUT2D eigenvalue weighted by Crippen LogP contribution is 2.40. The second-order valence-electron chi connectivity index (χ2n) is 6.82. The predicted octanol–water partition coefficient (Wildman–Crippen LogP) is 7.18. The van der Waals surface area contributed by atoms with E-state index in [0.29, 0.717) is 37.8 Å². The van der Waals surface area contributed by atoms with E-state index in [-0.39, 0.29) is 15.6 Å². The van der Waals surface area contributed by atoms with Crippen molar-refractivity contribution in [1.82, 2.24) is 4.98 Å². The molecule has 0 unspecified atom stereocenters. The summed E-state index contributed by atoms with van der Waals surface area (Å²) in [5, 5.41) is 15.3. The van der Waals surface area contributed by atoms with Crippen molar-refractivity contribution >= 4 is 73.0 Å². The van der Waals surface area contributed by atoms with E-state index in [4.69, 9.17) is 27.6 Å². The van der Waals surface area contributed by atoms with Gasteiger partial charge in [0.25, 0.3) is 11.6 Å². The Labute approximate surface area is 194 Å². The number of aromatic nitrogens is 1. The van der Waals surface area contributed by atoms with Gasteiger partial charge in [-0.3, -0.25) is 14.9 Å². The number of benzene rings is 3. The molecule has 5 aromatic rings. The molecular formula is C22H11Cl2N3O4S. The zero-order valence-electron chi connectivity index (χ0n) is 16.0. The quantitative estimate of drug-likeness (QED) is 0.215. The van der Waals surface area contributed by atoms with E-state index in [1.54, 1.807) is 48.5 Å². The predicted molar refractivity (Wildman–Crippen MR) is 126 cm³/mol. The Kier molecular flexibility index (Phi) is 5.05. The number of anilines is 1. The molecule has 0 aliphatic carbocycles. The first-order chi connectivity index (χ1) is 15.4. The van der Waals surface area contributed by atoms with Gasteiger partial charge >= 0.3 is 0 Å². The average Bonchev–Trinajstić information content (AvgIpc) is 3.35. The lowest BCUT2D eigenvalue weighted by Crippen LogP contribution is -2.10. The van der Waals surface area contributed by atoms with Gasteiger partial charge in [-0.25, -0.2) is 4.98 Å². The number of hydrogen-bond acceptors (Lipinski definition) is 6. The Morgan fingerprint density at radius 1 is 1.09 bits per heavy atom. The highest BCUT2D eigenvalue weighted by atomic mass is 35.5. The van der Waals surface area contributed by atoms with Gasteiger partial charge in [0.15, 0.2) is 5.58 Å². The van der Waals surface area contributed by atoms with E-state index in [1.807, 2.05) is 0 Å². The van der Waals surface area contributed by atoms with Crippen LogP contribution in [0, 0.1) is 10.1 Å². The van der Waals surface area contributed by atoms with E-state index < -0.39 is 10.8 Å². The SMILES string of the molecule is O=C(Nc1ccc2oc(-c3ccc(Cl)cc3)nc2c1)c1sc2c([N+](=O)[O-])cccc2c1Cl. The molecule has 2 aromatic heterocycles. The van der Waals surface area contributed by atoms with Gasteiger partial charge in [-0.2, -0.15) is 0 Å². The van der Waals surface area contributed by atoms with Gasteiger partial charge in [0, 0.05) is 27.7 Å². The molecule has 2 heterocycles. The Balaban J connectivity index is 1.46. The Hall–Kier alpha value is -3.46. The van der Waals surface area contributed by atoms with E-state index in [9.17, 15) is 14.9 Å². The number of oxazole rings is 1. The minimum absolute atomic E-state index is 0.0906. The number of nitro groups is 1. The van der Waals surface area contributed by atoms with Gasteiger partial charge in [-0.1, -0.05) is 35.3 Å². The fourth-order valence-electron chi connectivity index (χ4n) is 3.27. The highest BCUT2D eigenvalue weighted by molar-refractivity contribution is 7.22. The maximum absolute atomic E-state index is 12.9. The van der Waals surface area contributed by atoms with E-state index in [1.165, 1.54) is 12.1 Å². The van der Waals surface area contributed by atoms with Crippen molar-refractivity contribution in [2.75, 3.05) is 5.32 Å².